The first-order valence-electron chi connectivity index (χ1n) is 7.89. The summed E-state index contributed by atoms with van der Waals surface area (Å²) in [4.78, 5) is 2.48. The lowest BCUT2D eigenvalue weighted by Gasteiger charge is -2.38. The number of hydrogen-bond donors (Lipinski definition) is 1. The van der Waals surface area contributed by atoms with Crippen LogP contribution in [0.15, 0.2) is 22.7 Å². The van der Waals surface area contributed by atoms with Crippen LogP contribution in [0.5, 0.6) is 0 Å². The van der Waals surface area contributed by atoms with Crippen molar-refractivity contribution in [3.05, 3.63) is 33.8 Å². The quantitative estimate of drug-likeness (QED) is 0.879. The first kappa shape index (κ1) is 15.5. The summed E-state index contributed by atoms with van der Waals surface area (Å²) in [5, 5.41) is 3.56. The molecule has 1 aromatic rings. The highest BCUT2D eigenvalue weighted by Gasteiger charge is 2.27. The van der Waals surface area contributed by atoms with E-state index in [0.29, 0.717) is 0 Å². The number of rotatable bonds is 5. The Bertz CT molecular complexity index is 500. The van der Waals surface area contributed by atoms with E-state index in [1.807, 2.05) is 0 Å². The largest absolute Gasteiger partial charge is 0.373 e. The normalized spacial score (nSPS) is 22.4. The van der Waals surface area contributed by atoms with Crippen LogP contribution >= 0.6 is 15.9 Å². The van der Waals surface area contributed by atoms with Gasteiger partial charge >= 0.3 is 0 Å². The van der Waals surface area contributed by atoms with Crippen molar-refractivity contribution in [2.45, 2.75) is 51.4 Å². The number of halogens is 1. The molecule has 0 unspecified atom stereocenters. The van der Waals surface area contributed by atoms with E-state index in [1.165, 1.54) is 28.4 Å². The van der Waals surface area contributed by atoms with Crippen molar-refractivity contribution < 1.29 is 4.74 Å². The maximum absolute atomic E-state index is 5.78. The third-order valence-corrected chi connectivity index (χ3v) is 4.93. The predicted octanol–water partition coefficient (Wildman–Crippen LogP) is 3.31. The fourth-order valence-corrected chi connectivity index (χ4v) is 3.42. The molecular weight excluding hydrogens is 328 g/mol. The molecule has 0 amide bonds. The fourth-order valence-electron chi connectivity index (χ4n) is 2.87. The van der Waals surface area contributed by atoms with Crippen LogP contribution in [0.25, 0.3) is 0 Å². The molecule has 21 heavy (non-hydrogen) atoms. The van der Waals surface area contributed by atoms with Gasteiger partial charge in [0.2, 0.25) is 0 Å². The molecule has 3 nitrogen and oxygen atoms in total. The van der Waals surface area contributed by atoms with Crippen molar-refractivity contribution >= 4 is 15.9 Å². The van der Waals surface area contributed by atoms with E-state index in [9.17, 15) is 0 Å². The van der Waals surface area contributed by atoms with Crippen LogP contribution in [0.1, 0.15) is 37.8 Å². The highest BCUT2D eigenvalue weighted by atomic mass is 79.9. The summed E-state index contributed by atoms with van der Waals surface area (Å²) in [6.45, 7) is 9.14. The van der Waals surface area contributed by atoms with Crippen LogP contribution in [0.3, 0.4) is 0 Å². The molecule has 4 heteroatoms. The van der Waals surface area contributed by atoms with Crippen LogP contribution < -0.4 is 5.32 Å². The van der Waals surface area contributed by atoms with E-state index in [4.69, 9.17) is 4.74 Å². The summed E-state index contributed by atoms with van der Waals surface area (Å²) in [5.41, 5.74) is 2.70. The van der Waals surface area contributed by atoms with Crippen molar-refractivity contribution in [1.29, 1.82) is 0 Å². The first-order chi connectivity index (χ1) is 10.0. The number of hydrogen-bond acceptors (Lipinski definition) is 3. The van der Waals surface area contributed by atoms with Gasteiger partial charge in [0, 0.05) is 36.7 Å². The third-order valence-electron chi connectivity index (χ3n) is 4.19. The van der Waals surface area contributed by atoms with E-state index < -0.39 is 0 Å². The SMILES string of the molecule is CC1(C)CN(Cc2ccc(CNC3CC3)cc2Br)CCO1. The van der Waals surface area contributed by atoms with Gasteiger partial charge in [0.15, 0.2) is 0 Å². The Labute approximate surface area is 136 Å². The molecule has 116 valence electrons. The molecule has 2 fully saturated rings. The second-order valence-corrected chi connectivity index (χ2v) is 7.75. The lowest BCUT2D eigenvalue weighted by Crippen LogP contribution is -2.47. The monoisotopic (exact) mass is 352 g/mol. The zero-order valence-electron chi connectivity index (χ0n) is 13.0. The molecular formula is C17H25BrN2O. The molecule has 1 N–H and O–H groups in total. The second kappa shape index (κ2) is 6.37. The molecule has 1 saturated heterocycles. The summed E-state index contributed by atoms with van der Waals surface area (Å²) in [5.74, 6) is 0. The molecule has 1 aliphatic carbocycles. The molecule has 0 radical (unpaired) electrons. The number of nitrogens with one attached hydrogen (secondary N) is 1. The zero-order valence-corrected chi connectivity index (χ0v) is 14.6. The molecule has 1 heterocycles. The molecule has 2 aliphatic rings. The Hall–Kier alpha value is -0.420. The minimum absolute atomic E-state index is 0.0289. The fraction of sp³-hybridized carbons (Fsp3) is 0.647. The average Bonchev–Trinajstić information content (AvgIpc) is 3.22. The summed E-state index contributed by atoms with van der Waals surface area (Å²) in [6.07, 6.45) is 2.68. The van der Waals surface area contributed by atoms with E-state index in [2.05, 4.69) is 58.2 Å². The number of morpholine rings is 1. The minimum atomic E-state index is -0.0289. The molecule has 1 aromatic carbocycles. The molecule has 0 atom stereocenters. The Balaban J connectivity index is 1.59. The van der Waals surface area contributed by atoms with Gasteiger partial charge in [-0.15, -0.1) is 0 Å². The van der Waals surface area contributed by atoms with Crippen molar-refractivity contribution in [3.63, 3.8) is 0 Å². The van der Waals surface area contributed by atoms with Crippen molar-refractivity contribution in [2.75, 3.05) is 19.7 Å². The average molecular weight is 353 g/mol. The van der Waals surface area contributed by atoms with Gasteiger partial charge < -0.3 is 10.1 Å². The summed E-state index contributed by atoms with van der Waals surface area (Å²) < 4.78 is 7.01. The standard InChI is InChI=1S/C17H25BrN2O/c1-17(2)12-20(7-8-21-17)11-14-4-3-13(9-16(14)18)10-19-15-5-6-15/h3-4,9,15,19H,5-8,10-12H2,1-2H3. The molecule has 3 rings (SSSR count). The van der Waals surface area contributed by atoms with Crippen LogP contribution in [0, 0.1) is 0 Å². The molecule has 0 spiro atoms. The molecule has 1 aliphatic heterocycles. The van der Waals surface area contributed by atoms with Crippen molar-refractivity contribution in [1.82, 2.24) is 10.2 Å². The number of ether oxygens (including phenoxy) is 1. The van der Waals surface area contributed by atoms with E-state index in [-0.39, 0.29) is 5.60 Å². The van der Waals surface area contributed by atoms with Gasteiger partial charge in [-0.25, -0.2) is 0 Å². The van der Waals surface area contributed by atoms with Gasteiger partial charge in [0.05, 0.1) is 12.2 Å². The second-order valence-electron chi connectivity index (χ2n) is 6.90. The predicted molar refractivity (Wildman–Crippen MR) is 89.3 cm³/mol. The van der Waals surface area contributed by atoms with Crippen LogP contribution in [0.4, 0.5) is 0 Å². The molecule has 1 saturated carbocycles. The Kier molecular flexibility index (Phi) is 4.69. The van der Waals surface area contributed by atoms with Crippen molar-refractivity contribution in [2.24, 2.45) is 0 Å². The van der Waals surface area contributed by atoms with Crippen LogP contribution in [-0.4, -0.2) is 36.2 Å². The minimum Gasteiger partial charge on any atom is -0.373 e. The lowest BCUT2D eigenvalue weighted by atomic mass is 10.1. The third kappa shape index (κ3) is 4.52. The van der Waals surface area contributed by atoms with E-state index in [0.717, 1.165) is 38.8 Å². The van der Waals surface area contributed by atoms with Crippen LogP contribution in [-0.2, 0) is 17.8 Å². The Morgan fingerprint density at radius 1 is 1.38 bits per heavy atom. The van der Waals surface area contributed by atoms with E-state index >= 15 is 0 Å². The molecule has 0 bridgehead atoms. The Morgan fingerprint density at radius 2 is 2.19 bits per heavy atom. The summed E-state index contributed by atoms with van der Waals surface area (Å²) in [7, 11) is 0. The van der Waals surface area contributed by atoms with E-state index in [1.54, 1.807) is 0 Å². The summed E-state index contributed by atoms with van der Waals surface area (Å²) >= 11 is 3.74. The van der Waals surface area contributed by atoms with Gasteiger partial charge in [0.25, 0.3) is 0 Å². The maximum atomic E-state index is 5.78. The number of nitrogens with zero attached hydrogens (tertiary/aromatic N) is 1. The molecule has 0 aromatic heterocycles. The van der Waals surface area contributed by atoms with Gasteiger partial charge in [-0.1, -0.05) is 28.1 Å². The highest BCUT2D eigenvalue weighted by molar-refractivity contribution is 9.10. The maximum Gasteiger partial charge on any atom is 0.0753 e. The summed E-state index contributed by atoms with van der Waals surface area (Å²) in [6, 6.07) is 7.53. The number of benzene rings is 1. The smallest absolute Gasteiger partial charge is 0.0753 e. The topological polar surface area (TPSA) is 24.5 Å². The van der Waals surface area contributed by atoms with Gasteiger partial charge in [0.1, 0.15) is 0 Å². The zero-order chi connectivity index (χ0) is 14.9. The lowest BCUT2D eigenvalue weighted by molar-refractivity contribution is -0.0883. The Morgan fingerprint density at radius 3 is 2.86 bits per heavy atom. The first-order valence-corrected chi connectivity index (χ1v) is 8.68. The van der Waals surface area contributed by atoms with Gasteiger partial charge in [-0.2, -0.15) is 0 Å². The van der Waals surface area contributed by atoms with Crippen molar-refractivity contribution in [3.8, 4) is 0 Å². The van der Waals surface area contributed by atoms with Crippen LogP contribution in [0.2, 0.25) is 0 Å². The van der Waals surface area contributed by atoms with Gasteiger partial charge in [-0.3, -0.25) is 4.90 Å². The highest BCUT2D eigenvalue weighted by Crippen LogP contribution is 2.24. The van der Waals surface area contributed by atoms with Gasteiger partial charge in [-0.05, 0) is 43.9 Å².